The van der Waals surface area contributed by atoms with Gasteiger partial charge in [-0.3, -0.25) is 0 Å². The predicted octanol–water partition coefficient (Wildman–Crippen LogP) is 3.75. The number of hydrogen-bond donors (Lipinski definition) is 0. The van der Waals surface area contributed by atoms with Gasteiger partial charge in [0, 0.05) is 0 Å². The molecule has 4 atom stereocenters. The first-order valence-electron chi connectivity index (χ1n) is 7.89. The Balaban J connectivity index is 1.48. The molecule has 1 saturated carbocycles. The highest BCUT2D eigenvalue weighted by Crippen LogP contribution is 2.50. The van der Waals surface area contributed by atoms with Crippen LogP contribution in [0, 0.1) is 18.8 Å². The normalized spacial score (nSPS) is 32.1. The van der Waals surface area contributed by atoms with Gasteiger partial charge >= 0.3 is 5.97 Å². The summed E-state index contributed by atoms with van der Waals surface area (Å²) in [5.74, 6) is 0.787. The van der Waals surface area contributed by atoms with Gasteiger partial charge in [0.15, 0.2) is 0 Å². The molecule has 1 aliphatic heterocycles. The van der Waals surface area contributed by atoms with E-state index in [0.29, 0.717) is 30.1 Å². The van der Waals surface area contributed by atoms with E-state index >= 15 is 0 Å². The fourth-order valence-corrected chi connectivity index (χ4v) is 3.31. The van der Waals surface area contributed by atoms with E-state index in [2.05, 4.69) is 13.8 Å². The van der Waals surface area contributed by atoms with Gasteiger partial charge in [0.25, 0.3) is 0 Å². The highest BCUT2D eigenvalue weighted by molar-refractivity contribution is 5.89. The standard InChI is InChI=1S/C18H24O3/c1-12-4-6-14(7-5-12)17(19)20-11-13(2)15-8-9-18(3)16(10-15)21-18/h4-7,13,15-16H,8-11H2,1-3H3/t13?,15-,16-,18+/m0/s1. The number of epoxide rings is 1. The number of carbonyl (C=O) groups is 1. The van der Waals surface area contributed by atoms with Crippen LogP contribution in [-0.2, 0) is 9.47 Å². The maximum absolute atomic E-state index is 12.0. The Kier molecular flexibility index (Phi) is 3.78. The number of fused-ring (bicyclic) bond motifs is 1. The summed E-state index contributed by atoms with van der Waals surface area (Å²) in [5.41, 5.74) is 1.94. The molecule has 1 aliphatic carbocycles. The molecule has 2 aliphatic rings. The van der Waals surface area contributed by atoms with Crippen molar-refractivity contribution in [3.63, 3.8) is 0 Å². The average Bonchev–Trinajstić information content (AvgIpc) is 3.15. The van der Waals surface area contributed by atoms with Crippen LogP contribution in [0.2, 0.25) is 0 Å². The monoisotopic (exact) mass is 288 g/mol. The molecule has 0 amide bonds. The molecule has 0 radical (unpaired) electrons. The van der Waals surface area contributed by atoms with Gasteiger partial charge < -0.3 is 9.47 Å². The second kappa shape index (κ2) is 5.45. The lowest BCUT2D eigenvalue weighted by Gasteiger charge is -2.27. The van der Waals surface area contributed by atoms with Crippen LogP contribution in [0.15, 0.2) is 24.3 Å². The summed E-state index contributed by atoms with van der Waals surface area (Å²) in [5, 5.41) is 0. The molecular formula is C18H24O3. The number of carbonyl (C=O) groups excluding carboxylic acids is 1. The first-order valence-corrected chi connectivity index (χ1v) is 7.89. The summed E-state index contributed by atoms with van der Waals surface area (Å²) < 4.78 is 11.2. The molecule has 2 fully saturated rings. The third kappa shape index (κ3) is 3.13. The molecule has 1 unspecified atom stereocenters. The first-order chi connectivity index (χ1) is 9.98. The van der Waals surface area contributed by atoms with Crippen molar-refractivity contribution >= 4 is 5.97 Å². The molecule has 1 aromatic carbocycles. The van der Waals surface area contributed by atoms with Crippen molar-refractivity contribution in [2.45, 2.75) is 51.7 Å². The second-order valence-corrected chi connectivity index (χ2v) is 6.90. The van der Waals surface area contributed by atoms with Gasteiger partial charge in [-0.2, -0.15) is 0 Å². The van der Waals surface area contributed by atoms with Crippen molar-refractivity contribution < 1.29 is 14.3 Å². The molecule has 1 saturated heterocycles. The van der Waals surface area contributed by atoms with Gasteiger partial charge in [-0.1, -0.05) is 24.6 Å². The molecule has 0 spiro atoms. The number of rotatable bonds is 4. The summed E-state index contributed by atoms with van der Waals surface area (Å²) in [4.78, 5) is 12.0. The van der Waals surface area contributed by atoms with E-state index < -0.39 is 0 Å². The maximum Gasteiger partial charge on any atom is 0.338 e. The minimum atomic E-state index is -0.217. The minimum absolute atomic E-state index is 0.162. The summed E-state index contributed by atoms with van der Waals surface area (Å²) in [6.45, 7) is 6.89. The quantitative estimate of drug-likeness (QED) is 0.625. The zero-order valence-corrected chi connectivity index (χ0v) is 13.1. The highest BCUT2D eigenvalue weighted by Gasteiger charge is 2.55. The SMILES string of the molecule is Cc1ccc(C(=O)OCC(C)[C@H]2CC[C@@]3(C)O[C@H]3C2)cc1. The van der Waals surface area contributed by atoms with E-state index in [1.807, 2.05) is 31.2 Å². The Morgan fingerprint density at radius 1 is 1.43 bits per heavy atom. The predicted molar refractivity (Wildman–Crippen MR) is 81.2 cm³/mol. The van der Waals surface area contributed by atoms with E-state index in [0.717, 1.165) is 18.4 Å². The molecule has 3 nitrogen and oxygen atoms in total. The number of esters is 1. The summed E-state index contributed by atoms with van der Waals surface area (Å²) in [7, 11) is 0. The second-order valence-electron chi connectivity index (χ2n) is 6.90. The van der Waals surface area contributed by atoms with Crippen LogP contribution in [0.3, 0.4) is 0 Å². The van der Waals surface area contributed by atoms with Crippen molar-refractivity contribution in [1.29, 1.82) is 0 Å². The van der Waals surface area contributed by atoms with Crippen LogP contribution in [-0.4, -0.2) is 24.3 Å². The van der Waals surface area contributed by atoms with Crippen LogP contribution in [0.1, 0.15) is 49.0 Å². The van der Waals surface area contributed by atoms with Crippen molar-refractivity contribution in [3.8, 4) is 0 Å². The van der Waals surface area contributed by atoms with Crippen molar-refractivity contribution in [1.82, 2.24) is 0 Å². The molecule has 0 aromatic heterocycles. The van der Waals surface area contributed by atoms with Gasteiger partial charge in [0.05, 0.1) is 23.9 Å². The van der Waals surface area contributed by atoms with E-state index in [9.17, 15) is 4.79 Å². The molecule has 21 heavy (non-hydrogen) atoms. The van der Waals surface area contributed by atoms with Gasteiger partial charge in [-0.05, 0) is 57.1 Å². The largest absolute Gasteiger partial charge is 0.462 e. The lowest BCUT2D eigenvalue weighted by atomic mass is 9.77. The number of ether oxygens (including phenoxy) is 2. The van der Waals surface area contributed by atoms with Crippen LogP contribution >= 0.6 is 0 Å². The van der Waals surface area contributed by atoms with Crippen LogP contribution in [0.5, 0.6) is 0 Å². The average molecular weight is 288 g/mol. The highest BCUT2D eigenvalue weighted by atomic mass is 16.6. The van der Waals surface area contributed by atoms with Crippen LogP contribution < -0.4 is 0 Å². The molecule has 1 heterocycles. The third-order valence-electron chi connectivity index (χ3n) is 5.13. The van der Waals surface area contributed by atoms with Gasteiger partial charge in [-0.15, -0.1) is 0 Å². The van der Waals surface area contributed by atoms with Crippen molar-refractivity contribution in [2.75, 3.05) is 6.61 Å². The van der Waals surface area contributed by atoms with Gasteiger partial charge in [0.2, 0.25) is 0 Å². The zero-order valence-electron chi connectivity index (χ0n) is 13.1. The number of benzene rings is 1. The number of hydrogen-bond acceptors (Lipinski definition) is 3. The van der Waals surface area contributed by atoms with Crippen LogP contribution in [0.4, 0.5) is 0 Å². The van der Waals surface area contributed by atoms with Crippen LogP contribution in [0.25, 0.3) is 0 Å². The van der Waals surface area contributed by atoms with Crippen molar-refractivity contribution in [2.24, 2.45) is 11.8 Å². The lowest BCUT2D eigenvalue weighted by Crippen LogP contribution is -2.28. The van der Waals surface area contributed by atoms with E-state index in [-0.39, 0.29) is 11.6 Å². The zero-order chi connectivity index (χ0) is 15.0. The van der Waals surface area contributed by atoms with Crippen molar-refractivity contribution in [3.05, 3.63) is 35.4 Å². The number of aryl methyl sites for hydroxylation is 1. The third-order valence-corrected chi connectivity index (χ3v) is 5.13. The Labute approximate surface area is 126 Å². The van der Waals surface area contributed by atoms with E-state index in [4.69, 9.17) is 9.47 Å². The molecule has 1 aromatic rings. The first kappa shape index (κ1) is 14.6. The lowest BCUT2D eigenvalue weighted by molar-refractivity contribution is 0.0388. The molecule has 3 heteroatoms. The molecule has 0 N–H and O–H groups in total. The fraction of sp³-hybridized carbons (Fsp3) is 0.611. The fourth-order valence-electron chi connectivity index (χ4n) is 3.31. The van der Waals surface area contributed by atoms with E-state index in [1.54, 1.807) is 0 Å². The molecule has 3 rings (SSSR count). The molecular weight excluding hydrogens is 264 g/mol. The Morgan fingerprint density at radius 2 is 2.14 bits per heavy atom. The molecule has 0 bridgehead atoms. The van der Waals surface area contributed by atoms with E-state index in [1.165, 1.54) is 6.42 Å². The Hall–Kier alpha value is -1.35. The molecule has 114 valence electrons. The topological polar surface area (TPSA) is 38.8 Å². The Bertz CT molecular complexity index is 522. The summed E-state index contributed by atoms with van der Waals surface area (Å²) >= 11 is 0. The summed E-state index contributed by atoms with van der Waals surface area (Å²) in [6.07, 6.45) is 3.86. The minimum Gasteiger partial charge on any atom is -0.462 e. The maximum atomic E-state index is 12.0. The van der Waals surface area contributed by atoms with Gasteiger partial charge in [-0.25, -0.2) is 4.79 Å². The summed E-state index contributed by atoms with van der Waals surface area (Å²) in [6, 6.07) is 7.53. The Morgan fingerprint density at radius 3 is 2.81 bits per heavy atom. The smallest absolute Gasteiger partial charge is 0.338 e. The van der Waals surface area contributed by atoms with Gasteiger partial charge in [0.1, 0.15) is 0 Å².